The van der Waals surface area contributed by atoms with Crippen molar-refractivity contribution in [3.8, 4) is 16.9 Å². The maximum absolute atomic E-state index is 10.6. The largest absolute Gasteiger partial charge is 0.507 e. The Bertz CT molecular complexity index is 1010. The SMILES string of the molecule is C=CC.CC/C(=N\N=C(/C)N1CCC(NC2(C)CCOCC2)C1)c1ccc(-c2cn[nH]c2)cc1O. The zero-order valence-corrected chi connectivity index (χ0v) is 21.5. The molecule has 0 bridgehead atoms. The van der Waals surface area contributed by atoms with E-state index in [0.717, 1.165) is 68.2 Å². The third-order valence-corrected chi connectivity index (χ3v) is 6.59. The fourth-order valence-electron chi connectivity index (χ4n) is 4.51. The average molecular weight is 481 g/mol. The second kappa shape index (κ2) is 12.7. The molecule has 1 aromatic carbocycles. The number of amidine groups is 1. The Labute approximate surface area is 209 Å². The number of nitrogens with zero attached hydrogens (tertiary/aromatic N) is 4. The summed E-state index contributed by atoms with van der Waals surface area (Å²) in [7, 11) is 0. The maximum atomic E-state index is 10.6. The molecule has 2 aromatic rings. The predicted molar refractivity (Wildman–Crippen MR) is 143 cm³/mol. The predicted octanol–water partition coefficient (Wildman–Crippen LogP) is 4.74. The number of phenols is 1. The van der Waals surface area contributed by atoms with E-state index < -0.39 is 0 Å². The van der Waals surface area contributed by atoms with Crippen LogP contribution in [0.5, 0.6) is 5.75 Å². The number of aromatic nitrogens is 2. The first kappa shape index (κ1) is 26.6. The molecule has 3 N–H and O–H groups in total. The molecule has 0 amide bonds. The molecule has 0 saturated carbocycles. The van der Waals surface area contributed by atoms with Crippen molar-refractivity contribution >= 4 is 11.5 Å². The number of ether oxygens (including phenoxy) is 1. The van der Waals surface area contributed by atoms with Gasteiger partial charge in [0.2, 0.25) is 0 Å². The van der Waals surface area contributed by atoms with Crippen molar-refractivity contribution in [3.63, 3.8) is 0 Å². The zero-order valence-electron chi connectivity index (χ0n) is 21.5. The number of allylic oxidation sites excluding steroid dienone is 1. The van der Waals surface area contributed by atoms with Crippen LogP contribution in [0.25, 0.3) is 11.1 Å². The standard InChI is InChI=1S/C24H34N6O2.C3H6/c1-4-22(21-6-5-18(13-23(21)31)19-14-25-26-15-19)29-28-17(2)30-10-7-20(16-30)27-24(3)8-11-32-12-9-24;1-3-2/h5-6,13-15,20,27,31H,4,7-12,16H2,1-3H3,(H,25,26);3H,1H2,2H3/b28-17+,29-22+;. The summed E-state index contributed by atoms with van der Waals surface area (Å²) in [4.78, 5) is 2.29. The van der Waals surface area contributed by atoms with Crippen molar-refractivity contribution in [2.24, 2.45) is 10.2 Å². The van der Waals surface area contributed by atoms with Gasteiger partial charge >= 0.3 is 0 Å². The zero-order chi connectivity index (χ0) is 25.3. The highest BCUT2D eigenvalue weighted by Crippen LogP contribution is 2.27. The smallest absolute Gasteiger partial charge is 0.125 e. The summed E-state index contributed by atoms with van der Waals surface area (Å²) in [5.41, 5.74) is 3.48. The maximum Gasteiger partial charge on any atom is 0.125 e. The molecule has 0 aliphatic carbocycles. The lowest BCUT2D eigenvalue weighted by Gasteiger charge is -2.37. The van der Waals surface area contributed by atoms with Gasteiger partial charge in [0.25, 0.3) is 0 Å². The van der Waals surface area contributed by atoms with Gasteiger partial charge in [0.1, 0.15) is 11.6 Å². The third kappa shape index (κ3) is 7.26. The van der Waals surface area contributed by atoms with E-state index in [1.807, 2.05) is 32.9 Å². The highest BCUT2D eigenvalue weighted by atomic mass is 16.5. The Kier molecular flexibility index (Phi) is 9.63. The summed E-state index contributed by atoms with van der Waals surface area (Å²) < 4.78 is 5.52. The summed E-state index contributed by atoms with van der Waals surface area (Å²) in [5, 5.41) is 30.2. The van der Waals surface area contributed by atoms with Crippen LogP contribution in [0, 0.1) is 0 Å². The molecular formula is C27H40N6O2. The first-order valence-corrected chi connectivity index (χ1v) is 12.5. The molecule has 2 aliphatic heterocycles. The van der Waals surface area contributed by atoms with Crippen LogP contribution in [0.4, 0.5) is 0 Å². The summed E-state index contributed by atoms with van der Waals surface area (Å²) in [6, 6.07) is 6.07. The van der Waals surface area contributed by atoms with Crippen molar-refractivity contribution in [3.05, 3.63) is 48.8 Å². The van der Waals surface area contributed by atoms with E-state index in [1.54, 1.807) is 24.5 Å². The Balaban J connectivity index is 0.00000108. The molecule has 2 saturated heterocycles. The Morgan fingerprint density at radius 1 is 1.34 bits per heavy atom. The van der Waals surface area contributed by atoms with Gasteiger partial charge in [-0.15, -0.1) is 11.7 Å². The minimum atomic E-state index is 0.164. The van der Waals surface area contributed by atoms with E-state index in [0.29, 0.717) is 18.0 Å². The van der Waals surface area contributed by atoms with E-state index in [1.165, 1.54) is 0 Å². The van der Waals surface area contributed by atoms with Gasteiger partial charge in [-0.3, -0.25) is 5.10 Å². The van der Waals surface area contributed by atoms with Crippen molar-refractivity contribution in [1.29, 1.82) is 0 Å². The summed E-state index contributed by atoms with van der Waals surface area (Å²) in [5.74, 6) is 1.11. The van der Waals surface area contributed by atoms with Gasteiger partial charge in [-0.2, -0.15) is 10.2 Å². The van der Waals surface area contributed by atoms with Crippen LogP contribution in [-0.2, 0) is 4.74 Å². The molecule has 2 fully saturated rings. The fraction of sp³-hybridized carbons (Fsp3) is 0.519. The van der Waals surface area contributed by atoms with E-state index >= 15 is 0 Å². The topological polar surface area (TPSA) is 98.1 Å². The van der Waals surface area contributed by atoms with Gasteiger partial charge < -0.3 is 20.1 Å². The monoisotopic (exact) mass is 480 g/mol. The lowest BCUT2D eigenvalue weighted by molar-refractivity contribution is 0.0412. The number of aromatic amines is 1. The molecule has 1 unspecified atom stereocenters. The van der Waals surface area contributed by atoms with Crippen LogP contribution >= 0.6 is 0 Å². The van der Waals surface area contributed by atoms with Crippen molar-refractivity contribution < 1.29 is 9.84 Å². The number of H-pyrrole nitrogens is 1. The molecule has 8 nitrogen and oxygen atoms in total. The molecule has 35 heavy (non-hydrogen) atoms. The van der Waals surface area contributed by atoms with Gasteiger partial charge in [0.15, 0.2) is 0 Å². The molecule has 0 spiro atoms. The molecule has 8 heteroatoms. The number of hydrogen-bond acceptors (Lipinski definition) is 6. The van der Waals surface area contributed by atoms with Crippen molar-refractivity contribution in [2.75, 3.05) is 26.3 Å². The van der Waals surface area contributed by atoms with Crippen molar-refractivity contribution in [2.45, 2.75) is 65.0 Å². The molecule has 3 heterocycles. The van der Waals surface area contributed by atoms with Gasteiger partial charge in [0.05, 0.1) is 11.9 Å². The minimum Gasteiger partial charge on any atom is -0.507 e. The molecule has 4 rings (SSSR count). The summed E-state index contributed by atoms with van der Waals surface area (Å²) >= 11 is 0. The van der Waals surface area contributed by atoms with Crippen LogP contribution in [0.15, 0.2) is 53.5 Å². The summed E-state index contributed by atoms with van der Waals surface area (Å²) in [6.07, 6.45) is 9.19. The third-order valence-electron chi connectivity index (χ3n) is 6.59. The number of aromatic hydroxyl groups is 1. The van der Waals surface area contributed by atoms with Gasteiger partial charge in [-0.05, 0) is 64.2 Å². The number of nitrogens with one attached hydrogen (secondary N) is 2. The normalized spacial score (nSPS) is 20.3. The fourth-order valence-corrected chi connectivity index (χ4v) is 4.51. The van der Waals surface area contributed by atoms with Crippen LogP contribution < -0.4 is 5.32 Å². The number of likely N-dealkylation sites (tertiary alicyclic amines) is 1. The first-order chi connectivity index (χ1) is 16.9. The number of benzene rings is 1. The number of phenolic OH excluding ortho intramolecular Hbond substituents is 1. The molecule has 0 radical (unpaired) electrons. The first-order valence-electron chi connectivity index (χ1n) is 12.5. The van der Waals surface area contributed by atoms with Crippen LogP contribution in [0.3, 0.4) is 0 Å². The lowest BCUT2D eigenvalue weighted by Crippen LogP contribution is -2.52. The van der Waals surface area contributed by atoms with E-state index in [-0.39, 0.29) is 11.3 Å². The average Bonchev–Trinajstić information content (AvgIpc) is 3.53. The molecular weight excluding hydrogens is 440 g/mol. The van der Waals surface area contributed by atoms with Crippen LogP contribution in [0.1, 0.15) is 58.9 Å². The Morgan fingerprint density at radius 2 is 2.09 bits per heavy atom. The van der Waals surface area contributed by atoms with E-state index in [2.05, 4.69) is 44.1 Å². The Morgan fingerprint density at radius 3 is 2.71 bits per heavy atom. The Hall–Kier alpha value is -2.97. The van der Waals surface area contributed by atoms with E-state index in [9.17, 15) is 5.11 Å². The molecule has 1 atom stereocenters. The summed E-state index contributed by atoms with van der Waals surface area (Å²) in [6.45, 7) is 15.2. The highest BCUT2D eigenvalue weighted by Gasteiger charge is 2.33. The molecule has 190 valence electrons. The molecule has 2 aliphatic rings. The van der Waals surface area contributed by atoms with Gasteiger partial charge in [-0.1, -0.05) is 19.1 Å². The van der Waals surface area contributed by atoms with Crippen LogP contribution in [0.2, 0.25) is 0 Å². The van der Waals surface area contributed by atoms with Crippen molar-refractivity contribution in [1.82, 2.24) is 20.4 Å². The second-order valence-electron chi connectivity index (χ2n) is 9.42. The molecule has 1 aromatic heterocycles. The number of rotatable bonds is 6. The quantitative estimate of drug-likeness (QED) is 0.240. The van der Waals surface area contributed by atoms with Crippen LogP contribution in [-0.4, -0.2) is 69.6 Å². The minimum absolute atomic E-state index is 0.164. The number of hydrogen-bond donors (Lipinski definition) is 3. The highest BCUT2D eigenvalue weighted by molar-refractivity contribution is 6.03. The second-order valence-corrected chi connectivity index (χ2v) is 9.42. The van der Waals surface area contributed by atoms with Gasteiger partial charge in [-0.25, -0.2) is 0 Å². The van der Waals surface area contributed by atoms with Gasteiger partial charge in [0, 0.05) is 55.2 Å². The lowest BCUT2D eigenvalue weighted by atomic mass is 9.91. The van der Waals surface area contributed by atoms with E-state index in [4.69, 9.17) is 4.74 Å².